The Morgan fingerprint density at radius 2 is 2.10 bits per heavy atom. The highest BCUT2D eigenvalue weighted by Gasteiger charge is 2.24. The molecule has 1 fully saturated rings. The van der Waals surface area contributed by atoms with Gasteiger partial charge in [-0.2, -0.15) is 11.8 Å². The van der Waals surface area contributed by atoms with Crippen molar-refractivity contribution < 1.29 is 9.21 Å². The van der Waals surface area contributed by atoms with Crippen LogP contribution in [0.4, 0.5) is 0 Å². The monoisotopic (exact) mass is 301 g/mol. The van der Waals surface area contributed by atoms with Crippen LogP contribution in [0, 0.1) is 6.92 Å². The van der Waals surface area contributed by atoms with Crippen molar-refractivity contribution in [2.75, 3.05) is 18.8 Å². The fourth-order valence-electron chi connectivity index (χ4n) is 2.73. The van der Waals surface area contributed by atoms with E-state index in [9.17, 15) is 4.79 Å². The maximum Gasteiger partial charge on any atom is 0.289 e. The summed E-state index contributed by atoms with van der Waals surface area (Å²) in [6.45, 7) is 3.73. The first kappa shape index (κ1) is 14.3. The Morgan fingerprint density at radius 3 is 2.86 bits per heavy atom. The van der Waals surface area contributed by atoms with E-state index < -0.39 is 0 Å². The number of amides is 1. The molecule has 2 aromatic rings. The summed E-state index contributed by atoms with van der Waals surface area (Å²) in [7, 11) is 0. The maximum atomic E-state index is 12.3. The molecule has 0 bridgehead atoms. The molecule has 3 rings (SSSR count). The van der Waals surface area contributed by atoms with Gasteiger partial charge in [0, 0.05) is 24.1 Å². The van der Waals surface area contributed by atoms with Crippen LogP contribution in [0.2, 0.25) is 0 Å². The Kier molecular flexibility index (Phi) is 4.34. The molecule has 3 nitrogen and oxygen atoms in total. The second-order valence-corrected chi connectivity index (χ2v) is 6.58. The number of furan rings is 1. The van der Waals surface area contributed by atoms with Crippen LogP contribution in [0.25, 0.3) is 0 Å². The molecule has 1 aromatic heterocycles. The Hall–Kier alpha value is -1.68. The molecule has 4 heteroatoms. The van der Waals surface area contributed by atoms with Gasteiger partial charge < -0.3 is 9.32 Å². The fraction of sp³-hybridized carbons (Fsp3) is 0.353. The van der Waals surface area contributed by atoms with Crippen LogP contribution in [0.5, 0.6) is 0 Å². The third-order valence-corrected chi connectivity index (χ3v) is 5.21. The summed E-state index contributed by atoms with van der Waals surface area (Å²) in [6, 6.07) is 12.0. The molecule has 0 N–H and O–H groups in total. The van der Waals surface area contributed by atoms with Crippen LogP contribution < -0.4 is 0 Å². The zero-order valence-electron chi connectivity index (χ0n) is 12.1. The van der Waals surface area contributed by atoms with Crippen LogP contribution in [0.1, 0.15) is 33.4 Å². The predicted molar refractivity (Wildman–Crippen MR) is 85.6 cm³/mol. The van der Waals surface area contributed by atoms with Gasteiger partial charge in [-0.1, -0.05) is 24.3 Å². The van der Waals surface area contributed by atoms with Crippen LogP contribution in [-0.4, -0.2) is 29.6 Å². The predicted octanol–water partition coefficient (Wildman–Crippen LogP) is 3.91. The molecule has 2 heterocycles. The van der Waals surface area contributed by atoms with Crippen molar-refractivity contribution in [3.05, 3.63) is 59.5 Å². The minimum absolute atomic E-state index is 0.00559. The summed E-state index contributed by atoms with van der Waals surface area (Å²) in [5.41, 5.74) is 2.73. The lowest BCUT2D eigenvalue weighted by atomic mass is 10.0. The topological polar surface area (TPSA) is 33.5 Å². The third kappa shape index (κ3) is 3.16. The highest BCUT2D eigenvalue weighted by molar-refractivity contribution is 7.99. The summed E-state index contributed by atoms with van der Waals surface area (Å²) in [4.78, 5) is 14.3. The van der Waals surface area contributed by atoms with Crippen molar-refractivity contribution in [3.8, 4) is 0 Å². The van der Waals surface area contributed by atoms with E-state index in [1.54, 1.807) is 18.4 Å². The van der Waals surface area contributed by atoms with E-state index in [0.717, 1.165) is 25.3 Å². The number of hydrogen-bond acceptors (Lipinski definition) is 3. The molecule has 1 unspecified atom stereocenters. The molecule has 1 aliphatic heterocycles. The standard InChI is InChI=1S/C17H19NO2S/c1-13-5-2-3-6-14(13)16-8-9-18(10-12-21-16)17(19)15-7-4-11-20-15/h2-7,11,16H,8-10,12H2,1H3. The van der Waals surface area contributed by atoms with Gasteiger partial charge in [-0.25, -0.2) is 0 Å². The fourth-order valence-corrected chi connectivity index (χ4v) is 4.05. The van der Waals surface area contributed by atoms with Gasteiger partial charge in [0.25, 0.3) is 5.91 Å². The lowest BCUT2D eigenvalue weighted by Crippen LogP contribution is -2.32. The van der Waals surface area contributed by atoms with E-state index in [-0.39, 0.29) is 5.91 Å². The number of carbonyl (C=O) groups is 1. The summed E-state index contributed by atoms with van der Waals surface area (Å²) >= 11 is 1.95. The Balaban J connectivity index is 1.70. The maximum absolute atomic E-state index is 12.3. The third-order valence-electron chi connectivity index (χ3n) is 3.90. The minimum atomic E-state index is 0.00559. The van der Waals surface area contributed by atoms with E-state index in [4.69, 9.17) is 4.42 Å². The number of benzene rings is 1. The van der Waals surface area contributed by atoms with E-state index in [1.807, 2.05) is 16.7 Å². The van der Waals surface area contributed by atoms with Gasteiger partial charge in [0.15, 0.2) is 5.76 Å². The van der Waals surface area contributed by atoms with Crippen molar-refractivity contribution in [1.82, 2.24) is 4.90 Å². The van der Waals surface area contributed by atoms with E-state index in [0.29, 0.717) is 11.0 Å². The van der Waals surface area contributed by atoms with Crippen LogP contribution in [0.3, 0.4) is 0 Å². The quantitative estimate of drug-likeness (QED) is 0.843. The molecule has 1 amide bonds. The second-order valence-electron chi connectivity index (χ2n) is 5.27. The number of aryl methyl sites for hydroxylation is 1. The van der Waals surface area contributed by atoms with Gasteiger partial charge in [-0.15, -0.1) is 0 Å². The molecule has 1 aliphatic rings. The first-order valence-corrected chi connectivity index (χ1v) is 8.30. The number of nitrogens with zero attached hydrogens (tertiary/aromatic N) is 1. The SMILES string of the molecule is Cc1ccccc1C1CCN(C(=O)c2ccco2)CCS1. The van der Waals surface area contributed by atoms with Crippen molar-refractivity contribution in [1.29, 1.82) is 0 Å². The molecule has 0 saturated carbocycles. The zero-order valence-corrected chi connectivity index (χ0v) is 12.9. The number of hydrogen-bond donors (Lipinski definition) is 0. The lowest BCUT2D eigenvalue weighted by Gasteiger charge is -2.19. The lowest BCUT2D eigenvalue weighted by molar-refractivity contribution is 0.0734. The molecule has 1 atom stereocenters. The van der Waals surface area contributed by atoms with Gasteiger partial charge in [-0.3, -0.25) is 4.79 Å². The normalized spacial score (nSPS) is 19.3. The van der Waals surface area contributed by atoms with E-state index in [1.165, 1.54) is 11.1 Å². The Bertz CT molecular complexity index is 609. The van der Waals surface area contributed by atoms with Crippen LogP contribution in [-0.2, 0) is 0 Å². The summed E-state index contributed by atoms with van der Waals surface area (Å²) < 4.78 is 5.22. The molecular formula is C17H19NO2S. The van der Waals surface area contributed by atoms with Gasteiger partial charge in [0.1, 0.15) is 0 Å². The first-order valence-electron chi connectivity index (χ1n) is 7.25. The largest absolute Gasteiger partial charge is 0.459 e. The van der Waals surface area contributed by atoms with E-state index >= 15 is 0 Å². The van der Waals surface area contributed by atoms with Crippen molar-refractivity contribution in [2.45, 2.75) is 18.6 Å². The number of thioether (sulfide) groups is 1. The van der Waals surface area contributed by atoms with Crippen molar-refractivity contribution >= 4 is 17.7 Å². The van der Waals surface area contributed by atoms with Crippen LogP contribution in [0.15, 0.2) is 47.1 Å². The molecule has 1 aromatic carbocycles. The molecule has 0 aliphatic carbocycles. The van der Waals surface area contributed by atoms with Crippen molar-refractivity contribution in [3.63, 3.8) is 0 Å². The molecule has 0 spiro atoms. The van der Waals surface area contributed by atoms with Gasteiger partial charge >= 0.3 is 0 Å². The molecule has 110 valence electrons. The zero-order chi connectivity index (χ0) is 14.7. The average molecular weight is 301 g/mol. The molecular weight excluding hydrogens is 282 g/mol. The number of carbonyl (C=O) groups excluding carboxylic acids is 1. The van der Waals surface area contributed by atoms with Crippen LogP contribution >= 0.6 is 11.8 Å². The number of rotatable bonds is 2. The molecule has 0 radical (unpaired) electrons. The molecule has 1 saturated heterocycles. The average Bonchev–Trinajstić information content (AvgIpc) is 2.92. The van der Waals surface area contributed by atoms with Gasteiger partial charge in [0.05, 0.1) is 6.26 Å². The Labute approximate surface area is 129 Å². The van der Waals surface area contributed by atoms with Gasteiger partial charge in [0.2, 0.25) is 0 Å². The smallest absolute Gasteiger partial charge is 0.289 e. The Morgan fingerprint density at radius 1 is 1.24 bits per heavy atom. The van der Waals surface area contributed by atoms with E-state index in [2.05, 4.69) is 31.2 Å². The summed E-state index contributed by atoms with van der Waals surface area (Å²) in [6.07, 6.45) is 2.54. The first-order chi connectivity index (χ1) is 10.3. The van der Waals surface area contributed by atoms with Crippen molar-refractivity contribution in [2.24, 2.45) is 0 Å². The summed E-state index contributed by atoms with van der Waals surface area (Å²) in [5.74, 6) is 1.41. The molecule has 21 heavy (non-hydrogen) atoms. The highest BCUT2D eigenvalue weighted by atomic mass is 32.2. The van der Waals surface area contributed by atoms with Gasteiger partial charge in [-0.05, 0) is 36.6 Å². The second kappa shape index (κ2) is 6.39. The minimum Gasteiger partial charge on any atom is -0.459 e. The summed E-state index contributed by atoms with van der Waals surface area (Å²) in [5, 5.41) is 0.473. The highest BCUT2D eigenvalue weighted by Crippen LogP contribution is 2.36.